The van der Waals surface area contributed by atoms with Crippen LogP contribution in [0.25, 0.3) is 0 Å². The van der Waals surface area contributed by atoms with E-state index in [1.54, 1.807) is 12.1 Å². The molecule has 2 aromatic carbocycles. The monoisotopic (exact) mass is 311 g/mol. The Morgan fingerprint density at radius 2 is 1.83 bits per heavy atom. The molecule has 0 amide bonds. The molecule has 1 aliphatic heterocycles. The van der Waals surface area contributed by atoms with Gasteiger partial charge < -0.3 is 5.32 Å². The zero-order valence-electron chi connectivity index (χ0n) is 14.1. The molecule has 2 unspecified atom stereocenters. The minimum atomic E-state index is -0.157. The molecule has 3 rings (SSSR count). The van der Waals surface area contributed by atoms with Gasteiger partial charge >= 0.3 is 0 Å². The maximum absolute atomic E-state index is 13.1. The van der Waals surface area contributed by atoms with Crippen molar-refractivity contribution in [3.05, 3.63) is 65.0 Å². The predicted octanol–water partition coefficient (Wildman–Crippen LogP) is 5.87. The molecule has 2 heteroatoms. The standard InChI is InChI=1S/C21H26FN/c1-3-16(13-15(2)17-6-9-20(22)10-7-17)18-8-11-21-19(14-18)5-4-12-23-21/h6-11,14-16,23H,3-5,12-13H2,1-2H3. The summed E-state index contributed by atoms with van der Waals surface area (Å²) in [5, 5.41) is 3.48. The van der Waals surface area contributed by atoms with Gasteiger partial charge in [0.2, 0.25) is 0 Å². The molecule has 0 fully saturated rings. The molecule has 0 bridgehead atoms. The van der Waals surface area contributed by atoms with Crippen LogP contribution >= 0.6 is 0 Å². The molecular formula is C21H26FN. The molecule has 2 atom stereocenters. The van der Waals surface area contributed by atoms with Gasteiger partial charge in [0.05, 0.1) is 0 Å². The van der Waals surface area contributed by atoms with E-state index in [2.05, 4.69) is 37.4 Å². The summed E-state index contributed by atoms with van der Waals surface area (Å²) in [6.45, 7) is 5.60. The lowest BCUT2D eigenvalue weighted by atomic mass is 9.83. The minimum absolute atomic E-state index is 0.157. The van der Waals surface area contributed by atoms with Crippen LogP contribution in [-0.2, 0) is 6.42 Å². The van der Waals surface area contributed by atoms with Gasteiger partial charge in [0, 0.05) is 12.2 Å². The SMILES string of the molecule is CCC(CC(C)c1ccc(F)cc1)c1ccc2c(c1)CCCN2. The minimum Gasteiger partial charge on any atom is -0.385 e. The highest BCUT2D eigenvalue weighted by atomic mass is 19.1. The first kappa shape index (κ1) is 16.0. The summed E-state index contributed by atoms with van der Waals surface area (Å²) in [5.41, 5.74) is 5.44. The lowest BCUT2D eigenvalue weighted by molar-refractivity contribution is 0.542. The smallest absolute Gasteiger partial charge is 0.123 e. The van der Waals surface area contributed by atoms with Gasteiger partial charge in [-0.3, -0.25) is 0 Å². The molecule has 1 nitrogen and oxygen atoms in total. The Kier molecular flexibility index (Phi) is 5.00. The number of hydrogen-bond donors (Lipinski definition) is 1. The summed E-state index contributed by atoms with van der Waals surface area (Å²) in [6, 6.07) is 13.9. The van der Waals surface area contributed by atoms with E-state index in [-0.39, 0.29) is 5.82 Å². The van der Waals surface area contributed by atoms with Crippen LogP contribution in [0.4, 0.5) is 10.1 Å². The molecule has 0 saturated carbocycles. The first-order valence-electron chi connectivity index (χ1n) is 8.79. The van der Waals surface area contributed by atoms with Gasteiger partial charge in [-0.05, 0) is 72.4 Å². The van der Waals surface area contributed by atoms with Gasteiger partial charge in [0.1, 0.15) is 5.82 Å². The number of rotatable bonds is 5. The van der Waals surface area contributed by atoms with E-state index in [1.807, 2.05) is 12.1 Å². The second-order valence-corrected chi connectivity index (χ2v) is 6.74. The van der Waals surface area contributed by atoms with Crippen LogP contribution in [-0.4, -0.2) is 6.54 Å². The second-order valence-electron chi connectivity index (χ2n) is 6.74. The lowest BCUT2D eigenvalue weighted by Crippen LogP contribution is -2.12. The Balaban J connectivity index is 1.75. The fourth-order valence-electron chi connectivity index (χ4n) is 3.64. The molecule has 2 aromatic rings. The highest BCUT2D eigenvalue weighted by Crippen LogP contribution is 2.34. The summed E-state index contributed by atoms with van der Waals surface area (Å²) >= 11 is 0. The Labute approximate surface area is 138 Å². The number of halogens is 1. The molecule has 0 saturated heterocycles. The van der Waals surface area contributed by atoms with Crippen LogP contribution in [0.1, 0.15) is 61.6 Å². The molecule has 1 aliphatic rings. The lowest BCUT2D eigenvalue weighted by Gasteiger charge is -2.24. The van der Waals surface area contributed by atoms with Gasteiger partial charge in [-0.2, -0.15) is 0 Å². The van der Waals surface area contributed by atoms with Crippen molar-refractivity contribution in [1.82, 2.24) is 0 Å². The largest absolute Gasteiger partial charge is 0.385 e. The van der Waals surface area contributed by atoms with Crippen molar-refractivity contribution >= 4 is 5.69 Å². The van der Waals surface area contributed by atoms with E-state index in [0.717, 1.165) is 19.4 Å². The number of aryl methyl sites for hydroxylation is 1. The Morgan fingerprint density at radius 1 is 1.09 bits per heavy atom. The first-order chi connectivity index (χ1) is 11.2. The molecule has 23 heavy (non-hydrogen) atoms. The molecule has 122 valence electrons. The molecule has 0 aliphatic carbocycles. The van der Waals surface area contributed by atoms with Crippen molar-refractivity contribution in [3.63, 3.8) is 0 Å². The highest BCUT2D eigenvalue weighted by molar-refractivity contribution is 5.54. The van der Waals surface area contributed by atoms with Crippen molar-refractivity contribution in [3.8, 4) is 0 Å². The van der Waals surface area contributed by atoms with E-state index < -0.39 is 0 Å². The third-order valence-electron chi connectivity index (χ3n) is 5.11. The number of benzene rings is 2. The number of anilines is 1. The quantitative estimate of drug-likeness (QED) is 0.728. The second kappa shape index (κ2) is 7.16. The third kappa shape index (κ3) is 3.74. The van der Waals surface area contributed by atoms with Crippen molar-refractivity contribution in [2.24, 2.45) is 0 Å². The molecule has 0 spiro atoms. The molecule has 0 aromatic heterocycles. The molecule has 0 radical (unpaired) electrons. The van der Waals surface area contributed by atoms with E-state index in [0.29, 0.717) is 11.8 Å². The van der Waals surface area contributed by atoms with E-state index in [1.165, 1.54) is 35.2 Å². The average Bonchev–Trinajstić information content (AvgIpc) is 2.59. The van der Waals surface area contributed by atoms with Gasteiger partial charge in [0.15, 0.2) is 0 Å². The van der Waals surface area contributed by atoms with E-state index in [9.17, 15) is 4.39 Å². The number of fused-ring (bicyclic) bond motifs is 1. The van der Waals surface area contributed by atoms with Gasteiger partial charge in [-0.25, -0.2) is 4.39 Å². The first-order valence-corrected chi connectivity index (χ1v) is 8.79. The molecule has 1 heterocycles. The highest BCUT2D eigenvalue weighted by Gasteiger charge is 2.17. The zero-order chi connectivity index (χ0) is 16.2. The Morgan fingerprint density at radius 3 is 2.57 bits per heavy atom. The van der Waals surface area contributed by atoms with Crippen LogP contribution < -0.4 is 5.32 Å². The zero-order valence-corrected chi connectivity index (χ0v) is 14.1. The van der Waals surface area contributed by atoms with Crippen molar-refractivity contribution in [1.29, 1.82) is 0 Å². The molecular weight excluding hydrogens is 285 g/mol. The van der Waals surface area contributed by atoms with E-state index >= 15 is 0 Å². The number of nitrogens with one attached hydrogen (secondary N) is 1. The topological polar surface area (TPSA) is 12.0 Å². The van der Waals surface area contributed by atoms with Gasteiger partial charge in [0.25, 0.3) is 0 Å². The summed E-state index contributed by atoms with van der Waals surface area (Å²) < 4.78 is 13.1. The van der Waals surface area contributed by atoms with Gasteiger partial charge in [-0.1, -0.05) is 38.1 Å². The van der Waals surface area contributed by atoms with Crippen LogP contribution in [0, 0.1) is 5.82 Å². The fourth-order valence-corrected chi connectivity index (χ4v) is 3.64. The van der Waals surface area contributed by atoms with Crippen molar-refractivity contribution in [2.45, 2.75) is 51.4 Å². The number of hydrogen-bond acceptors (Lipinski definition) is 1. The summed E-state index contributed by atoms with van der Waals surface area (Å²) in [7, 11) is 0. The summed E-state index contributed by atoms with van der Waals surface area (Å²) in [5.74, 6) is 0.840. The van der Waals surface area contributed by atoms with Crippen LogP contribution in [0.3, 0.4) is 0 Å². The van der Waals surface area contributed by atoms with Crippen LogP contribution in [0.2, 0.25) is 0 Å². The Hall–Kier alpha value is -1.83. The van der Waals surface area contributed by atoms with Crippen molar-refractivity contribution in [2.75, 3.05) is 11.9 Å². The maximum Gasteiger partial charge on any atom is 0.123 e. The summed E-state index contributed by atoms with van der Waals surface area (Å²) in [4.78, 5) is 0. The average molecular weight is 311 g/mol. The fraction of sp³-hybridized carbons (Fsp3) is 0.429. The normalized spacial score (nSPS) is 16.3. The molecule has 1 N–H and O–H groups in total. The van der Waals surface area contributed by atoms with Gasteiger partial charge in [-0.15, -0.1) is 0 Å². The Bertz CT molecular complexity index is 647. The van der Waals surface area contributed by atoms with Crippen molar-refractivity contribution < 1.29 is 4.39 Å². The van der Waals surface area contributed by atoms with E-state index in [4.69, 9.17) is 0 Å². The summed E-state index contributed by atoms with van der Waals surface area (Å²) in [6.07, 6.45) is 4.64. The predicted molar refractivity (Wildman–Crippen MR) is 95.7 cm³/mol. The van der Waals surface area contributed by atoms with Crippen LogP contribution in [0.15, 0.2) is 42.5 Å². The van der Waals surface area contributed by atoms with Crippen LogP contribution in [0.5, 0.6) is 0 Å². The third-order valence-corrected chi connectivity index (χ3v) is 5.11. The maximum atomic E-state index is 13.1.